The summed E-state index contributed by atoms with van der Waals surface area (Å²) in [5.41, 5.74) is 2.64. The number of methoxy groups -OCH3 is 1. The lowest BCUT2D eigenvalue weighted by atomic mass is 10.0. The number of carbonyl (C=O) groups excluding carboxylic acids is 1. The predicted molar refractivity (Wildman–Crippen MR) is 102 cm³/mol. The molecule has 1 atom stereocenters. The minimum absolute atomic E-state index is 0.0959. The number of rotatable bonds is 6. The van der Waals surface area contributed by atoms with Gasteiger partial charge >= 0.3 is 0 Å². The number of nitrogens with one attached hydrogen (secondary N) is 1. The molecule has 1 aliphatic rings. The number of carbonyl (C=O) groups is 1. The van der Waals surface area contributed by atoms with Crippen molar-refractivity contribution >= 4 is 5.91 Å². The first-order valence-electron chi connectivity index (χ1n) is 9.05. The molecule has 6 heteroatoms. The van der Waals surface area contributed by atoms with Gasteiger partial charge in [-0.1, -0.05) is 30.3 Å². The molecule has 0 unspecified atom stereocenters. The number of aryl methyl sites for hydroxylation is 1. The number of ether oxygens (including phenoxy) is 1. The molecule has 0 saturated heterocycles. The Hall–Kier alpha value is -3.15. The minimum Gasteiger partial charge on any atom is -0.496 e. The van der Waals surface area contributed by atoms with E-state index in [1.165, 1.54) is 6.33 Å². The van der Waals surface area contributed by atoms with Crippen LogP contribution in [0.25, 0.3) is 11.1 Å². The first-order valence-corrected chi connectivity index (χ1v) is 9.05. The van der Waals surface area contributed by atoms with Crippen LogP contribution in [-0.2, 0) is 7.05 Å². The Morgan fingerprint density at radius 2 is 1.93 bits per heavy atom. The number of hydrogen-bond acceptors (Lipinski definition) is 4. The van der Waals surface area contributed by atoms with Gasteiger partial charge < -0.3 is 10.1 Å². The van der Waals surface area contributed by atoms with Crippen LogP contribution < -0.4 is 10.1 Å². The first-order chi connectivity index (χ1) is 13.2. The van der Waals surface area contributed by atoms with E-state index in [9.17, 15) is 4.79 Å². The highest BCUT2D eigenvalue weighted by Gasteiger charge is 2.36. The Morgan fingerprint density at radius 3 is 2.56 bits per heavy atom. The van der Waals surface area contributed by atoms with E-state index in [0.717, 1.165) is 35.5 Å². The van der Waals surface area contributed by atoms with Gasteiger partial charge in [0, 0.05) is 18.2 Å². The van der Waals surface area contributed by atoms with Crippen LogP contribution in [0.4, 0.5) is 0 Å². The van der Waals surface area contributed by atoms with Gasteiger partial charge in [-0.05, 0) is 42.5 Å². The maximum Gasteiger partial charge on any atom is 0.251 e. The largest absolute Gasteiger partial charge is 0.496 e. The van der Waals surface area contributed by atoms with E-state index in [2.05, 4.69) is 15.4 Å². The Kier molecular flexibility index (Phi) is 4.62. The van der Waals surface area contributed by atoms with E-state index in [1.54, 1.807) is 11.8 Å². The van der Waals surface area contributed by atoms with Crippen molar-refractivity contribution in [2.45, 2.75) is 18.9 Å². The van der Waals surface area contributed by atoms with Crippen LogP contribution in [0.1, 0.15) is 35.1 Å². The van der Waals surface area contributed by atoms with Crippen LogP contribution in [0, 0.1) is 5.92 Å². The molecule has 0 radical (unpaired) electrons. The summed E-state index contributed by atoms with van der Waals surface area (Å²) in [5, 5.41) is 7.26. The zero-order chi connectivity index (χ0) is 18.8. The fourth-order valence-corrected chi connectivity index (χ4v) is 3.32. The molecule has 1 amide bonds. The summed E-state index contributed by atoms with van der Waals surface area (Å²) in [6, 6.07) is 15.3. The second-order valence-electron chi connectivity index (χ2n) is 6.81. The van der Waals surface area contributed by atoms with E-state index in [1.807, 2.05) is 55.6 Å². The molecular formula is C21H22N4O2. The Balaban J connectivity index is 1.53. The number of benzene rings is 2. The standard InChI is InChI=1S/C21H22N4O2/c1-25-20(22-13-23-25)19(15-9-10-15)24-21(26)16-11-7-14(8-12-16)17-5-3-4-6-18(17)27-2/h3-8,11-13,15,19H,9-10H2,1-2H3,(H,24,26)/t19-/m1/s1. The Labute approximate surface area is 158 Å². The lowest BCUT2D eigenvalue weighted by Gasteiger charge is -2.17. The van der Waals surface area contributed by atoms with Crippen LogP contribution in [0.3, 0.4) is 0 Å². The molecule has 27 heavy (non-hydrogen) atoms. The van der Waals surface area contributed by atoms with Crippen LogP contribution in [0.5, 0.6) is 5.75 Å². The Bertz CT molecular complexity index is 945. The molecule has 6 nitrogen and oxygen atoms in total. The summed E-state index contributed by atoms with van der Waals surface area (Å²) in [6.45, 7) is 0. The molecule has 3 aromatic rings. The van der Waals surface area contributed by atoms with Gasteiger partial charge in [0.2, 0.25) is 0 Å². The van der Waals surface area contributed by atoms with Crippen LogP contribution >= 0.6 is 0 Å². The molecule has 1 N–H and O–H groups in total. The quantitative estimate of drug-likeness (QED) is 0.730. The summed E-state index contributed by atoms with van der Waals surface area (Å²) in [5.74, 6) is 1.95. The van der Waals surface area contributed by atoms with Crippen molar-refractivity contribution in [1.29, 1.82) is 0 Å². The monoisotopic (exact) mass is 362 g/mol. The van der Waals surface area contributed by atoms with E-state index in [-0.39, 0.29) is 11.9 Å². The second kappa shape index (κ2) is 7.23. The van der Waals surface area contributed by atoms with Gasteiger partial charge in [-0.25, -0.2) is 4.98 Å². The smallest absolute Gasteiger partial charge is 0.251 e. The van der Waals surface area contributed by atoms with Gasteiger partial charge in [0.25, 0.3) is 5.91 Å². The molecule has 0 spiro atoms. The molecule has 1 saturated carbocycles. The third kappa shape index (κ3) is 3.56. The summed E-state index contributed by atoms with van der Waals surface area (Å²) in [4.78, 5) is 17.1. The van der Waals surface area contributed by atoms with Crippen molar-refractivity contribution in [1.82, 2.24) is 20.1 Å². The van der Waals surface area contributed by atoms with E-state index in [4.69, 9.17) is 4.74 Å². The van der Waals surface area contributed by atoms with Crippen molar-refractivity contribution in [2.24, 2.45) is 13.0 Å². The molecule has 0 aliphatic heterocycles. The van der Waals surface area contributed by atoms with Crippen LogP contribution in [0.2, 0.25) is 0 Å². The van der Waals surface area contributed by atoms with E-state index in [0.29, 0.717) is 11.5 Å². The average molecular weight is 362 g/mol. The highest BCUT2D eigenvalue weighted by Crippen LogP contribution is 2.40. The van der Waals surface area contributed by atoms with Gasteiger partial charge in [0.15, 0.2) is 0 Å². The number of amides is 1. The summed E-state index contributed by atoms with van der Waals surface area (Å²) in [7, 11) is 3.51. The molecule has 1 aliphatic carbocycles. The van der Waals surface area contributed by atoms with E-state index < -0.39 is 0 Å². The third-order valence-corrected chi connectivity index (χ3v) is 4.97. The number of aromatic nitrogens is 3. The Morgan fingerprint density at radius 1 is 1.19 bits per heavy atom. The summed E-state index contributed by atoms with van der Waals surface area (Å²) >= 11 is 0. The fourth-order valence-electron chi connectivity index (χ4n) is 3.32. The number of hydrogen-bond donors (Lipinski definition) is 1. The summed E-state index contributed by atoms with van der Waals surface area (Å²) < 4.78 is 7.15. The zero-order valence-corrected chi connectivity index (χ0v) is 15.4. The molecular weight excluding hydrogens is 340 g/mol. The van der Waals surface area contributed by atoms with Crippen molar-refractivity contribution < 1.29 is 9.53 Å². The van der Waals surface area contributed by atoms with Crippen molar-refractivity contribution in [3.63, 3.8) is 0 Å². The van der Waals surface area contributed by atoms with Crippen molar-refractivity contribution in [2.75, 3.05) is 7.11 Å². The average Bonchev–Trinajstić information content (AvgIpc) is 3.47. The molecule has 4 rings (SSSR count). The van der Waals surface area contributed by atoms with Gasteiger partial charge in [0.05, 0.1) is 13.2 Å². The normalized spacial score (nSPS) is 14.6. The lowest BCUT2D eigenvalue weighted by Crippen LogP contribution is -2.31. The fraction of sp³-hybridized carbons (Fsp3) is 0.286. The highest BCUT2D eigenvalue weighted by molar-refractivity contribution is 5.95. The summed E-state index contributed by atoms with van der Waals surface area (Å²) in [6.07, 6.45) is 3.73. The number of para-hydroxylation sites is 1. The zero-order valence-electron chi connectivity index (χ0n) is 15.4. The second-order valence-corrected chi connectivity index (χ2v) is 6.81. The molecule has 1 aromatic heterocycles. The molecule has 138 valence electrons. The maximum absolute atomic E-state index is 12.8. The lowest BCUT2D eigenvalue weighted by molar-refractivity contribution is 0.0929. The molecule has 2 aromatic carbocycles. The van der Waals surface area contributed by atoms with Gasteiger partial charge in [-0.2, -0.15) is 5.10 Å². The molecule has 0 bridgehead atoms. The molecule has 1 fully saturated rings. The van der Waals surface area contributed by atoms with Crippen molar-refractivity contribution in [3.05, 3.63) is 66.2 Å². The van der Waals surface area contributed by atoms with Gasteiger partial charge in [0.1, 0.15) is 17.9 Å². The predicted octanol–water partition coefficient (Wildman–Crippen LogP) is 3.37. The van der Waals surface area contributed by atoms with Crippen LogP contribution in [-0.4, -0.2) is 27.8 Å². The third-order valence-electron chi connectivity index (χ3n) is 4.97. The van der Waals surface area contributed by atoms with Gasteiger partial charge in [-0.15, -0.1) is 0 Å². The SMILES string of the molecule is COc1ccccc1-c1ccc(C(=O)N[C@@H](c2ncnn2C)C2CC2)cc1. The van der Waals surface area contributed by atoms with Crippen molar-refractivity contribution in [3.8, 4) is 16.9 Å². The molecule has 1 heterocycles. The van der Waals surface area contributed by atoms with Gasteiger partial charge in [-0.3, -0.25) is 9.48 Å². The first kappa shape index (κ1) is 17.3. The van der Waals surface area contributed by atoms with Crippen LogP contribution in [0.15, 0.2) is 54.9 Å². The van der Waals surface area contributed by atoms with E-state index >= 15 is 0 Å². The highest BCUT2D eigenvalue weighted by atomic mass is 16.5. The minimum atomic E-state index is -0.0982. The number of nitrogens with zero attached hydrogens (tertiary/aromatic N) is 3. The topological polar surface area (TPSA) is 69.0 Å². The maximum atomic E-state index is 12.8.